The summed E-state index contributed by atoms with van der Waals surface area (Å²) >= 11 is 0. The second-order valence-electron chi connectivity index (χ2n) is 4.69. The molecule has 0 aliphatic heterocycles. The fourth-order valence-corrected chi connectivity index (χ4v) is 2.74. The van der Waals surface area contributed by atoms with E-state index in [1.54, 1.807) is 0 Å². The van der Waals surface area contributed by atoms with Crippen molar-refractivity contribution in [3.05, 3.63) is 47.7 Å². The van der Waals surface area contributed by atoms with Gasteiger partial charge in [-0.1, -0.05) is 13.2 Å². The van der Waals surface area contributed by atoms with Gasteiger partial charge in [0.25, 0.3) is 20.0 Å². The van der Waals surface area contributed by atoms with E-state index < -0.39 is 32.1 Å². The molecule has 0 aliphatic carbocycles. The number of sulfonamides is 2. The van der Waals surface area contributed by atoms with Gasteiger partial charge in [-0.25, -0.2) is 16.8 Å². The average Bonchev–Trinajstić information content (AvgIpc) is 2.45. The van der Waals surface area contributed by atoms with Crippen molar-refractivity contribution in [3.8, 4) is 0 Å². The smallest absolute Gasteiger partial charge is 0.320 e. The molecule has 1 aromatic carbocycles. The number of rotatable bonds is 9. The van der Waals surface area contributed by atoms with Crippen LogP contribution in [0.5, 0.6) is 0 Å². The van der Waals surface area contributed by atoms with E-state index in [0.29, 0.717) is 16.4 Å². The Kier molecular flexibility index (Phi) is 6.12. The first kappa shape index (κ1) is 19.7. The highest BCUT2D eigenvalue weighted by atomic mass is 32.2. The summed E-state index contributed by atoms with van der Waals surface area (Å²) in [4.78, 5) is 10.8. The Morgan fingerprint density at radius 2 is 1.50 bits per heavy atom. The van der Waals surface area contributed by atoms with Crippen LogP contribution in [0.1, 0.15) is 5.56 Å². The highest BCUT2D eigenvalue weighted by molar-refractivity contribution is 7.95. The normalized spacial score (nSPS) is 12.9. The van der Waals surface area contributed by atoms with Gasteiger partial charge in [0, 0.05) is 10.8 Å². The molecule has 11 heteroatoms. The minimum absolute atomic E-state index is 0.0201. The number of aliphatic carboxylic acids is 1. The van der Waals surface area contributed by atoms with Gasteiger partial charge in [-0.15, -0.1) is 0 Å². The van der Waals surface area contributed by atoms with E-state index in [4.69, 9.17) is 10.8 Å². The Morgan fingerprint density at radius 3 is 1.83 bits per heavy atom. The predicted molar refractivity (Wildman–Crippen MR) is 91.2 cm³/mol. The second-order valence-corrected chi connectivity index (χ2v) is 7.95. The molecule has 0 aliphatic rings. The van der Waals surface area contributed by atoms with Gasteiger partial charge in [0.1, 0.15) is 6.04 Å². The zero-order chi connectivity index (χ0) is 18.5. The van der Waals surface area contributed by atoms with Gasteiger partial charge in [0.2, 0.25) is 0 Å². The van der Waals surface area contributed by atoms with Crippen LogP contribution in [0.2, 0.25) is 0 Å². The highest BCUT2D eigenvalue weighted by Gasteiger charge is 2.15. The van der Waals surface area contributed by atoms with Crippen LogP contribution in [0, 0.1) is 0 Å². The van der Waals surface area contributed by atoms with Crippen molar-refractivity contribution in [3.63, 3.8) is 0 Å². The van der Waals surface area contributed by atoms with Crippen LogP contribution in [-0.4, -0.2) is 34.0 Å². The van der Waals surface area contributed by atoms with Crippen LogP contribution >= 0.6 is 0 Å². The number of carboxylic acids is 1. The third kappa shape index (κ3) is 6.02. The van der Waals surface area contributed by atoms with E-state index in [1.165, 1.54) is 18.2 Å². The molecule has 1 atom stereocenters. The number of carbonyl (C=O) groups is 1. The molecule has 0 heterocycles. The maximum atomic E-state index is 11.6. The number of nitrogens with two attached hydrogens (primary N) is 1. The average molecular weight is 375 g/mol. The van der Waals surface area contributed by atoms with Gasteiger partial charge < -0.3 is 10.8 Å². The zero-order valence-electron chi connectivity index (χ0n) is 12.5. The number of hydrogen-bond donors (Lipinski definition) is 4. The predicted octanol–water partition coefficient (Wildman–Crippen LogP) is 0.411. The first-order valence-corrected chi connectivity index (χ1v) is 9.50. The number of hydrogen-bond acceptors (Lipinski definition) is 6. The van der Waals surface area contributed by atoms with E-state index in [2.05, 4.69) is 22.6 Å². The first-order chi connectivity index (χ1) is 11.0. The van der Waals surface area contributed by atoms with Crippen molar-refractivity contribution in [2.75, 3.05) is 9.44 Å². The number of carboxylic acid groups (broad SMARTS) is 1. The van der Waals surface area contributed by atoms with Gasteiger partial charge in [0.05, 0.1) is 11.4 Å². The molecule has 0 aromatic heterocycles. The fraction of sp³-hybridized carbons (Fsp3) is 0.154. The third-order valence-corrected chi connectivity index (χ3v) is 4.64. The molecule has 0 amide bonds. The van der Waals surface area contributed by atoms with Gasteiger partial charge >= 0.3 is 5.97 Å². The van der Waals surface area contributed by atoms with Crippen molar-refractivity contribution >= 4 is 37.4 Å². The van der Waals surface area contributed by atoms with Crippen LogP contribution in [0.3, 0.4) is 0 Å². The molecule has 0 bridgehead atoms. The largest absolute Gasteiger partial charge is 0.480 e. The summed E-state index contributed by atoms with van der Waals surface area (Å²) in [6, 6.07) is 2.67. The van der Waals surface area contributed by atoms with Crippen LogP contribution in [0.15, 0.2) is 42.2 Å². The molecule has 1 rings (SSSR count). The molecule has 0 saturated carbocycles. The van der Waals surface area contributed by atoms with Gasteiger partial charge in [-0.3, -0.25) is 14.2 Å². The maximum absolute atomic E-state index is 11.6. The van der Waals surface area contributed by atoms with Crippen LogP contribution < -0.4 is 15.2 Å². The molecular weight excluding hydrogens is 358 g/mol. The Labute approximate surface area is 140 Å². The van der Waals surface area contributed by atoms with Gasteiger partial charge in [-0.2, -0.15) is 0 Å². The van der Waals surface area contributed by atoms with E-state index >= 15 is 0 Å². The van der Waals surface area contributed by atoms with E-state index in [9.17, 15) is 21.6 Å². The minimum Gasteiger partial charge on any atom is -0.480 e. The molecular formula is C13H17N3O6S2. The molecule has 132 valence electrons. The molecule has 0 radical (unpaired) electrons. The van der Waals surface area contributed by atoms with Crippen molar-refractivity contribution in [2.45, 2.75) is 12.5 Å². The van der Waals surface area contributed by atoms with Crippen molar-refractivity contribution < 1.29 is 26.7 Å². The van der Waals surface area contributed by atoms with Crippen molar-refractivity contribution in [1.82, 2.24) is 0 Å². The topological polar surface area (TPSA) is 156 Å². The van der Waals surface area contributed by atoms with Crippen LogP contribution in [0.25, 0.3) is 0 Å². The summed E-state index contributed by atoms with van der Waals surface area (Å²) in [5.41, 5.74) is 5.80. The van der Waals surface area contributed by atoms with Gasteiger partial charge in [0.15, 0.2) is 0 Å². The standard InChI is InChI=1S/C13H17N3O6S2/c1-3-23(19,20)15-10-5-9(7-12(14)13(17)18)6-11(8-10)16-24(21,22)4-2/h3-6,8,12,15-16H,1-2,7,14H2,(H,17,18)/t12-/m0/s1. The monoisotopic (exact) mass is 375 g/mol. The summed E-state index contributed by atoms with van der Waals surface area (Å²) in [7, 11) is -7.66. The second kappa shape index (κ2) is 7.47. The van der Waals surface area contributed by atoms with E-state index in [0.717, 1.165) is 0 Å². The van der Waals surface area contributed by atoms with Crippen molar-refractivity contribution in [2.24, 2.45) is 5.73 Å². The lowest BCUT2D eigenvalue weighted by atomic mass is 10.1. The van der Waals surface area contributed by atoms with Crippen LogP contribution in [0.4, 0.5) is 11.4 Å². The quantitative estimate of drug-likeness (QED) is 0.487. The Balaban J connectivity index is 3.30. The molecule has 0 saturated heterocycles. The van der Waals surface area contributed by atoms with E-state index in [-0.39, 0.29) is 17.8 Å². The number of benzene rings is 1. The highest BCUT2D eigenvalue weighted by Crippen LogP contribution is 2.22. The lowest BCUT2D eigenvalue weighted by Crippen LogP contribution is -2.32. The first-order valence-electron chi connectivity index (χ1n) is 6.41. The number of nitrogens with one attached hydrogen (secondary N) is 2. The Hall–Kier alpha value is -2.37. The Bertz CT molecular complexity index is 803. The molecule has 5 N–H and O–H groups in total. The lowest BCUT2D eigenvalue weighted by molar-refractivity contribution is -0.138. The molecule has 9 nitrogen and oxygen atoms in total. The zero-order valence-corrected chi connectivity index (χ0v) is 14.1. The molecule has 1 aromatic rings. The molecule has 0 spiro atoms. The molecule has 24 heavy (non-hydrogen) atoms. The molecule has 0 unspecified atom stereocenters. The lowest BCUT2D eigenvalue weighted by Gasteiger charge is -2.13. The summed E-state index contributed by atoms with van der Waals surface area (Å²) in [6.07, 6.45) is -0.137. The minimum atomic E-state index is -3.83. The Morgan fingerprint density at radius 1 is 1.08 bits per heavy atom. The number of anilines is 2. The van der Waals surface area contributed by atoms with Crippen molar-refractivity contribution in [1.29, 1.82) is 0 Å². The summed E-state index contributed by atoms with van der Waals surface area (Å²) in [5, 5.41) is 10.2. The SMILES string of the molecule is C=CS(=O)(=O)Nc1cc(C[C@H](N)C(=O)O)cc(NS(=O)(=O)C=C)c1. The fourth-order valence-electron chi connectivity index (χ4n) is 1.68. The molecule has 0 fully saturated rings. The summed E-state index contributed by atoms with van der Waals surface area (Å²) in [6.45, 7) is 6.29. The summed E-state index contributed by atoms with van der Waals surface area (Å²) < 4.78 is 50.6. The summed E-state index contributed by atoms with van der Waals surface area (Å²) in [5.74, 6) is -1.25. The van der Waals surface area contributed by atoms with Crippen LogP contribution in [-0.2, 0) is 31.3 Å². The maximum Gasteiger partial charge on any atom is 0.320 e. The van der Waals surface area contributed by atoms with E-state index in [1.807, 2.05) is 0 Å². The van der Waals surface area contributed by atoms with Gasteiger partial charge in [-0.05, 0) is 30.2 Å². The third-order valence-electron chi connectivity index (χ3n) is 2.72.